The number of hydrogen-bond acceptors (Lipinski definition) is 4. The molecule has 2 aromatic rings. The number of anilines is 1. The Labute approximate surface area is 140 Å². The summed E-state index contributed by atoms with van der Waals surface area (Å²) in [6.07, 6.45) is 4.59. The first-order valence-corrected chi connectivity index (χ1v) is 8.20. The van der Waals surface area contributed by atoms with Crippen LogP contribution in [0.5, 0.6) is 0 Å². The number of nitrogens with one attached hydrogen (secondary N) is 2. The number of nitrogens with zero attached hydrogens (tertiary/aromatic N) is 1. The van der Waals surface area contributed by atoms with Gasteiger partial charge in [0.15, 0.2) is 0 Å². The van der Waals surface area contributed by atoms with E-state index in [0.29, 0.717) is 12.3 Å². The molecule has 22 heavy (non-hydrogen) atoms. The van der Waals surface area contributed by atoms with Crippen molar-refractivity contribution in [2.75, 3.05) is 18.4 Å². The molecule has 2 N–H and O–H groups in total. The Hall–Kier alpha value is -1.43. The van der Waals surface area contributed by atoms with E-state index in [1.165, 1.54) is 0 Å². The highest BCUT2D eigenvalue weighted by Gasteiger charge is 2.16. The summed E-state index contributed by atoms with van der Waals surface area (Å²) in [7, 11) is 0. The minimum Gasteiger partial charge on any atom is -0.326 e. The zero-order valence-electron chi connectivity index (χ0n) is 12.2. The van der Waals surface area contributed by atoms with Gasteiger partial charge in [-0.1, -0.05) is 12.1 Å². The molecule has 1 aliphatic heterocycles. The Kier molecular flexibility index (Phi) is 6.36. The Morgan fingerprint density at radius 2 is 2.18 bits per heavy atom. The summed E-state index contributed by atoms with van der Waals surface area (Å²) in [5, 5.41) is 9.26. The summed E-state index contributed by atoms with van der Waals surface area (Å²) in [5.41, 5.74) is 1.89. The number of carbonyl (C=O) groups is 1. The predicted molar refractivity (Wildman–Crippen MR) is 93.6 cm³/mol. The molecule has 1 saturated heterocycles. The molecule has 0 spiro atoms. The van der Waals surface area contributed by atoms with Crippen LogP contribution in [0, 0.1) is 5.92 Å². The maximum Gasteiger partial charge on any atom is 0.224 e. The molecule has 118 valence electrons. The molecule has 0 saturated carbocycles. The first-order valence-electron chi connectivity index (χ1n) is 7.32. The minimum atomic E-state index is 0. The van der Waals surface area contributed by atoms with Crippen LogP contribution in [0.2, 0.25) is 0 Å². The van der Waals surface area contributed by atoms with Gasteiger partial charge in [0.05, 0.1) is 0 Å². The Bertz CT molecular complexity index is 597. The third kappa shape index (κ3) is 4.53. The Morgan fingerprint density at radius 3 is 2.91 bits per heavy atom. The number of halogens is 1. The lowest BCUT2D eigenvalue weighted by molar-refractivity contribution is -0.117. The zero-order chi connectivity index (χ0) is 14.5. The molecule has 0 unspecified atom stereocenters. The van der Waals surface area contributed by atoms with Gasteiger partial charge < -0.3 is 10.6 Å². The molecule has 2 heterocycles. The fourth-order valence-electron chi connectivity index (χ4n) is 2.66. The summed E-state index contributed by atoms with van der Waals surface area (Å²) < 4.78 is 0. The maximum atomic E-state index is 12.1. The number of carbonyl (C=O) groups excluding carboxylic acids is 1. The van der Waals surface area contributed by atoms with E-state index in [-0.39, 0.29) is 18.3 Å². The van der Waals surface area contributed by atoms with Crippen LogP contribution in [0.25, 0.3) is 10.6 Å². The van der Waals surface area contributed by atoms with Crippen LogP contribution in [0.1, 0.15) is 19.3 Å². The summed E-state index contributed by atoms with van der Waals surface area (Å²) in [5.74, 6) is 0.617. The van der Waals surface area contributed by atoms with Crippen LogP contribution in [0.15, 0.2) is 35.8 Å². The second-order valence-electron chi connectivity index (χ2n) is 5.36. The van der Waals surface area contributed by atoms with E-state index in [0.717, 1.165) is 42.2 Å². The van der Waals surface area contributed by atoms with Gasteiger partial charge in [0.25, 0.3) is 0 Å². The van der Waals surface area contributed by atoms with E-state index in [1.807, 2.05) is 29.6 Å². The first-order chi connectivity index (χ1) is 10.3. The van der Waals surface area contributed by atoms with Gasteiger partial charge in [-0.2, -0.15) is 0 Å². The fraction of sp³-hybridized carbons (Fsp3) is 0.375. The van der Waals surface area contributed by atoms with Gasteiger partial charge >= 0.3 is 0 Å². The third-order valence-electron chi connectivity index (χ3n) is 3.76. The smallest absolute Gasteiger partial charge is 0.224 e. The van der Waals surface area contributed by atoms with E-state index in [2.05, 4.69) is 15.6 Å². The lowest BCUT2D eigenvalue weighted by Crippen LogP contribution is -2.30. The number of rotatable bonds is 4. The number of aromatic nitrogens is 1. The van der Waals surface area contributed by atoms with Crippen LogP contribution >= 0.6 is 23.7 Å². The standard InChI is InChI=1S/C16H19N3OS.ClH/c20-15(10-12-4-6-17-7-5-12)19-14-3-1-2-13(11-14)16-18-8-9-21-16;/h1-3,8-9,11-12,17H,4-7,10H2,(H,19,20);1H. The van der Waals surface area contributed by atoms with Crippen LogP contribution < -0.4 is 10.6 Å². The average molecular weight is 338 g/mol. The molecule has 0 atom stereocenters. The number of amides is 1. The van der Waals surface area contributed by atoms with E-state index >= 15 is 0 Å². The quantitative estimate of drug-likeness (QED) is 0.897. The van der Waals surface area contributed by atoms with Gasteiger partial charge in [0.1, 0.15) is 5.01 Å². The average Bonchev–Trinajstić information content (AvgIpc) is 3.02. The molecule has 3 rings (SSSR count). The van der Waals surface area contributed by atoms with Crippen molar-refractivity contribution in [3.05, 3.63) is 35.8 Å². The van der Waals surface area contributed by atoms with Gasteiger partial charge in [0.2, 0.25) is 5.91 Å². The molecular weight excluding hydrogens is 318 g/mol. The van der Waals surface area contributed by atoms with Gasteiger partial charge in [-0.3, -0.25) is 4.79 Å². The van der Waals surface area contributed by atoms with Gasteiger partial charge in [0, 0.05) is 29.2 Å². The van der Waals surface area contributed by atoms with Gasteiger partial charge in [-0.25, -0.2) is 4.98 Å². The zero-order valence-corrected chi connectivity index (χ0v) is 13.9. The topological polar surface area (TPSA) is 54.0 Å². The summed E-state index contributed by atoms with van der Waals surface area (Å²) in [4.78, 5) is 16.4. The highest BCUT2D eigenvalue weighted by Crippen LogP contribution is 2.25. The predicted octanol–water partition coefficient (Wildman–Crippen LogP) is 3.56. The minimum absolute atomic E-state index is 0. The third-order valence-corrected chi connectivity index (χ3v) is 4.58. The van der Waals surface area contributed by atoms with E-state index < -0.39 is 0 Å². The first kappa shape index (κ1) is 16.9. The molecule has 1 aromatic heterocycles. The molecule has 6 heteroatoms. The molecule has 1 fully saturated rings. The molecule has 4 nitrogen and oxygen atoms in total. The molecular formula is C16H20ClN3OS. The normalized spacial score (nSPS) is 15.1. The molecule has 1 aliphatic rings. The van der Waals surface area contributed by atoms with Crippen LogP contribution in [-0.4, -0.2) is 24.0 Å². The van der Waals surface area contributed by atoms with E-state index in [1.54, 1.807) is 17.5 Å². The van der Waals surface area contributed by atoms with Gasteiger partial charge in [-0.15, -0.1) is 23.7 Å². The van der Waals surface area contributed by atoms with E-state index in [4.69, 9.17) is 0 Å². The van der Waals surface area contributed by atoms with Crippen molar-refractivity contribution in [2.45, 2.75) is 19.3 Å². The molecule has 1 aromatic carbocycles. The molecule has 0 radical (unpaired) electrons. The monoisotopic (exact) mass is 337 g/mol. The second kappa shape index (κ2) is 8.27. The number of piperidine rings is 1. The van der Waals surface area contributed by atoms with Crippen LogP contribution in [0.4, 0.5) is 5.69 Å². The number of benzene rings is 1. The van der Waals surface area contributed by atoms with Gasteiger partial charge in [-0.05, 0) is 44.0 Å². The molecule has 0 aliphatic carbocycles. The van der Waals surface area contributed by atoms with Crippen molar-refractivity contribution < 1.29 is 4.79 Å². The van der Waals surface area contributed by atoms with Crippen molar-refractivity contribution in [1.29, 1.82) is 0 Å². The number of thiazole rings is 1. The van der Waals surface area contributed by atoms with Crippen molar-refractivity contribution in [3.8, 4) is 10.6 Å². The highest BCUT2D eigenvalue weighted by atomic mass is 35.5. The van der Waals surface area contributed by atoms with Crippen molar-refractivity contribution in [3.63, 3.8) is 0 Å². The molecule has 1 amide bonds. The maximum absolute atomic E-state index is 12.1. The lowest BCUT2D eigenvalue weighted by Gasteiger charge is -2.21. The summed E-state index contributed by atoms with van der Waals surface area (Å²) in [6.45, 7) is 2.05. The number of hydrogen-bond donors (Lipinski definition) is 2. The van der Waals surface area contributed by atoms with Crippen molar-refractivity contribution >= 4 is 35.3 Å². The SMILES string of the molecule is Cl.O=C(CC1CCNCC1)Nc1cccc(-c2nccs2)c1. The highest BCUT2D eigenvalue weighted by molar-refractivity contribution is 7.13. The summed E-state index contributed by atoms with van der Waals surface area (Å²) in [6, 6.07) is 7.88. The van der Waals surface area contributed by atoms with E-state index in [9.17, 15) is 4.79 Å². The second-order valence-corrected chi connectivity index (χ2v) is 6.26. The Morgan fingerprint density at radius 1 is 1.36 bits per heavy atom. The van der Waals surface area contributed by atoms with Crippen LogP contribution in [-0.2, 0) is 4.79 Å². The largest absolute Gasteiger partial charge is 0.326 e. The Balaban J connectivity index is 0.00000176. The lowest BCUT2D eigenvalue weighted by atomic mass is 9.94. The van der Waals surface area contributed by atoms with Crippen molar-refractivity contribution in [2.24, 2.45) is 5.92 Å². The van der Waals surface area contributed by atoms with Crippen LogP contribution in [0.3, 0.4) is 0 Å². The van der Waals surface area contributed by atoms with Crippen molar-refractivity contribution in [1.82, 2.24) is 10.3 Å². The fourth-order valence-corrected chi connectivity index (χ4v) is 3.29. The summed E-state index contributed by atoms with van der Waals surface area (Å²) >= 11 is 1.60. The molecule has 0 bridgehead atoms.